The first-order valence-electron chi connectivity index (χ1n) is 8.84. The molecule has 2 aliphatic rings. The molecule has 1 aliphatic carbocycles. The zero-order chi connectivity index (χ0) is 19.0. The molecule has 0 radical (unpaired) electrons. The number of hydrogen-bond donors (Lipinski definition) is 0. The lowest BCUT2D eigenvalue weighted by Gasteiger charge is -2.28. The number of halogens is 2. The van der Waals surface area contributed by atoms with Crippen molar-refractivity contribution >= 4 is 29.0 Å². The van der Waals surface area contributed by atoms with Crippen molar-refractivity contribution in [1.29, 1.82) is 0 Å². The van der Waals surface area contributed by atoms with E-state index in [4.69, 9.17) is 4.42 Å². The number of carbonyl (C=O) groups excluding carboxylic acids is 2. The summed E-state index contributed by atoms with van der Waals surface area (Å²) in [7, 11) is 0. The van der Waals surface area contributed by atoms with Gasteiger partial charge in [-0.05, 0) is 48.4 Å². The number of rotatable bonds is 3. The number of nitrogens with zero attached hydrogens (tertiary/aromatic N) is 1. The second kappa shape index (κ2) is 7.31. The molecule has 1 aromatic heterocycles. The number of furan rings is 1. The molecule has 2 heterocycles. The fraction of sp³-hybridized carbons (Fsp3) is 0.300. The van der Waals surface area contributed by atoms with Crippen molar-refractivity contribution < 1.29 is 22.8 Å². The van der Waals surface area contributed by atoms with Crippen LogP contribution in [0, 0.1) is 11.6 Å². The van der Waals surface area contributed by atoms with Crippen LogP contribution in [0.2, 0.25) is 0 Å². The first-order valence-corrected chi connectivity index (χ1v) is 9.66. The Bertz CT molecular complexity index is 931. The highest BCUT2D eigenvalue weighted by molar-refractivity contribution is 8.18. The summed E-state index contributed by atoms with van der Waals surface area (Å²) in [5, 5.41) is -0.265. The summed E-state index contributed by atoms with van der Waals surface area (Å²) in [5.41, 5.74) is 0.957. The van der Waals surface area contributed by atoms with E-state index in [1.165, 1.54) is 23.3 Å². The van der Waals surface area contributed by atoms with Crippen molar-refractivity contribution in [3.63, 3.8) is 0 Å². The quantitative estimate of drug-likeness (QED) is 0.642. The Morgan fingerprint density at radius 2 is 1.85 bits per heavy atom. The maximum Gasteiger partial charge on any atom is 0.293 e. The van der Waals surface area contributed by atoms with Gasteiger partial charge in [-0.2, -0.15) is 0 Å². The minimum Gasteiger partial charge on any atom is -0.464 e. The van der Waals surface area contributed by atoms with E-state index < -0.39 is 11.6 Å². The molecule has 4 rings (SSSR count). The van der Waals surface area contributed by atoms with Gasteiger partial charge in [-0.1, -0.05) is 25.3 Å². The number of carbonyl (C=O) groups is 2. The van der Waals surface area contributed by atoms with Gasteiger partial charge in [0.15, 0.2) is 11.6 Å². The number of benzene rings is 1. The smallest absolute Gasteiger partial charge is 0.293 e. The predicted octanol–water partition coefficient (Wildman–Crippen LogP) is 5.59. The molecule has 1 saturated carbocycles. The Labute approximate surface area is 159 Å². The van der Waals surface area contributed by atoms with Gasteiger partial charge in [0, 0.05) is 17.7 Å². The summed E-state index contributed by atoms with van der Waals surface area (Å²) >= 11 is 0.888. The number of amides is 2. The molecule has 1 aromatic carbocycles. The van der Waals surface area contributed by atoms with Gasteiger partial charge < -0.3 is 4.42 Å². The topological polar surface area (TPSA) is 50.5 Å². The molecule has 4 nitrogen and oxygen atoms in total. The fourth-order valence-corrected chi connectivity index (χ4v) is 4.46. The van der Waals surface area contributed by atoms with Crippen LogP contribution in [0.25, 0.3) is 17.2 Å². The molecule has 0 spiro atoms. The van der Waals surface area contributed by atoms with Crippen LogP contribution >= 0.6 is 11.8 Å². The van der Waals surface area contributed by atoms with E-state index in [9.17, 15) is 18.4 Å². The number of thioether (sulfide) groups is 1. The summed E-state index contributed by atoms with van der Waals surface area (Å²) in [6.07, 6.45) is 7.76. The maximum absolute atomic E-state index is 13.5. The summed E-state index contributed by atoms with van der Waals surface area (Å²) in [5.74, 6) is -1.88. The summed E-state index contributed by atoms with van der Waals surface area (Å²) in [6, 6.07) is 5.13. The van der Waals surface area contributed by atoms with Gasteiger partial charge in [0.1, 0.15) is 5.76 Å². The summed E-state index contributed by atoms with van der Waals surface area (Å²) in [4.78, 5) is 26.8. The van der Waals surface area contributed by atoms with Crippen molar-refractivity contribution in [2.45, 2.75) is 38.1 Å². The molecule has 7 heteroatoms. The zero-order valence-corrected chi connectivity index (χ0v) is 15.2. The Kier molecular flexibility index (Phi) is 4.86. The summed E-state index contributed by atoms with van der Waals surface area (Å²) in [6.45, 7) is 0. The molecule has 0 unspecified atom stereocenters. The number of hydrogen-bond acceptors (Lipinski definition) is 4. The third-order valence-corrected chi connectivity index (χ3v) is 5.84. The largest absolute Gasteiger partial charge is 0.464 e. The van der Waals surface area contributed by atoms with E-state index in [0.717, 1.165) is 56.0 Å². The Hall–Kier alpha value is -2.41. The normalized spacial score (nSPS) is 20.1. The third-order valence-electron chi connectivity index (χ3n) is 4.95. The van der Waals surface area contributed by atoms with Gasteiger partial charge in [0.25, 0.3) is 11.1 Å². The highest BCUT2D eigenvalue weighted by atomic mass is 32.2. The zero-order valence-electron chi connectivity index (χ0n) is 14.4. The third kappa shape index (κ3) is 3.43. The lowest BCUT2D eigenvalue weighted by atomic mass is 9.94. The molecule has 2 fully saturated rings. The molecule has 0 atom stereocenters. The Balaban J connectivity index is 1.63. The second-order valence-electron chi connectivity index (χ2n) is 6.67. The van der Waals surface area contributed by atoms with Gasteiger partial charge in [0.05, 0.1) is 11.2 Å². The monoisotopic (exact) mass is 389 g/mol. The van der Waals surface area contributed by atoms with E-state index in [1.54, 1.807) is 6.07 Å². The van der Waals surface area contributed by atoms with Crippen LogP contribution in [0.1, 0.15) is 37.9 Å². The van der Waals surface area contributed by atoms with Crippen molar-refractivity contribution in [3.05, 3.63) is 52.8 Å². The molecule has 0 N–H and O–H groups in total. The molecule has 27 heavy (non-hydrogen) atoms. The molecule has 1 aliphatic heterocycles. The minimum atomic E-state index is -0.961. The predicted molar refractivity (Wildman–Crippen MR) is 98.7 cm³/mol. The molecular formula is C20H17F2NO3S. The van der Waals surface area contributed by atoms with E-state index in [-0.39, 0.29) is 22.1 Å². The van der Waals surface area contributed by atoms with Crippen LogP contribution in [-0.2, 0) is 4.79 Å². The molecule has 1 saturated heterocycles. The van der Waals surface area contributed by atoms with Crippen LogP contribution in [0.3, 0.4) is 0 Å². The lowest BCUT2D eigenvalue weighted by Crippen LogP contribution is -2.39. The van der Waals surface area contributed by atoms with Crippen LogP contribution < -0.4 is 0 Å². The first kappa shape index (κ1) is 18.0. The molecule has 2 aromatic rings. The summed E-state index contributed by atoms with van der Waals surface area (Å²) < 4.78 is 32.2. The van der Waals surface area contributed by atoms with Gasteiger partial charge in [-0.25, -0.2) is 8.78 Å². The van der Waals surface area contributed by atoms with Crippen molar-refractivity contribution in [2.75, 3.05) is 0 Å². The second-order valence-corrected chi connectivity index (χ2v) is 7.66. The van der Waals surface area contributed by atoms with Crippen LogP contribution in [0.15, 0.2) is 39.9 Å². The standard InChI is InChI=1S/C20H17F2NO3S/c21-15-7-6-12(10-16(15)22)14-8-9-26-17(14)11-18-19(24)23(20(25)27-18)13-4-2-1-3-5-13/h6-11,13H,1-5H2. The van der Waals surface area contributed by atoms with Gasteiger partial charge >= 0.3 is 0 Å². The van der Waals surface area contributed by atoms with Crippen LogP contribution in [0.5, 0.6) is 0 Å². The molecule has 140 valence electrons. The minimum absolute atomic E-state index is 0.0422. The molecule has 0 bridgehead atoms. The number of imide groups is 1. The van der Waals surface area contributed by atoms with E-state index in [0.29, 0.717) is 16.9 Å². The van der Waals surface area contributed by atoms with Crippen molar-refractivity contribution in [1.82, 2.24) is 4.90 Å². The van der Waals surface area contributed by atoms with E-state index >= 15 is 0 Å². The van der Waals surface area contributed by atoms with E-state index in [2.05, 4.69) is 0 Å². The van der Waals surface area contributed by atoms with Gasteiger partial charge in [-0.3, -0.25) is 14.5 Å². The average molecular weight is 389 g/mol. The Morgan fingerprint density at radius 3 is 2.59 bits per heavy atom. The van der Waals surface area contributed by atoms with Crippen LogP contribution in [-0.4, -0.2) is 22.1 Å². The first-order chi connectivity index (χ1) is 13.0. The SMILES string of the molecule is O=C1SC(=Cc2occc2-c2ccc(F)c(F)c2)C(=O)N1C1CCCCC1. The fourth-order valence-electron chi connectivity index (χ4n) is 3.59. The van der Waals surface area contributed by atoms with Crippen molar-refractivity contribution in [2.24, 2.45) is 0 Å². The highest BCUT2D eigenvalue weighted by Gasteiger charge is 2.40. The highest BCUT2D eigenvalue weighted by Crippen LogP contribution is 2.38. The Morgan fingerprint density at radius 1 is 1.07 bits per heavy atom. The van der Waals surface area contributed by atoms with Crippen molar-refractivity contribution in [3.8, 4) is 11.1 Å². The van der Waals surface area contributed by atoms with Crippen LogP contribution in [0.4, 0.5) is 13.6 Å². The maximum atomic E-state index is 13.5. The lowest BCUT2D eigenvalue weighted by molar-refractivity contribution is -0.124. The van der Waals surface area contributed by atoms with Gasteiger partial charge in [0.2, 0.25) is 0 Å². The molecular weight excluding hydrogens is 372 g/mol. The van der Waals surface area contributed by atoms with Gasteiger partial charge in [-0.15, -0.1) is 0 Å². The van der Waals surface area contributed by atoms with E-state index in [1.807, 2.05) is 0 Å². The average Bonchev–Trinajstić information content (AvgIpc) is 3.23. The molecule has 2 amide bonds.